The lowest BCUT2D eigenvalue weighted by Crippen LogP contribution is -2.43. The van der Waals surface area contributed by atoms with Gasteiger partial charge in [0.2, 0.25) is 5.91 Å². The van der Waals surface area contributed by atoms with Crippen molar-refractivity contribution >= 4 is 5.91 Å². The number of carbonyl (C=O) groups excluding carboxylic acids is 1. The number of carbonyl (C=O) groups is 1. The maximum Gasteiger partial charge on any atom is 0.249 e. The number of hydrogen-bond acceptors (Lipinski definition) is 3. The van der Waals surface area contributed by atoms with Crippen LogP contribution >= 0.6 is 0 Å². The van der Waals surface area contributed by atoms with Gasteiger partial charge in [0.25, 0.3) is 0 Å². The van der Waals surface area contributed by atoms with Gasteiger partial charge in [-0.05, 0) is 52.5 Å². The summed E-state index contributed by atoms with van der Waals surface area (Å²) in [6.07, 6.45) is 6.24. The van der Waals surface area contributed by atoms with E-state index in [1.165, 1.54) is 0 Å². The zero-order chi connectivity index (χ0) is 14.3. The second kappa shape index (κ2) is 8.54. The summed E-state index contributed by atoms with van der Waals surface area (Å²) in [6, 6.07) is 0.895. The Hall–Kier alpha value is -0.610. The molecule has 1 aliphatic carbocycles. The number of nitrogens with one attached hydrogen (secondary N) is 2. The van der Waals surface area contributed by atoms with E-state index >= 15 is 0 Å². The van der Waals surface area contributed by atoms with E-state index in [9.17, 15) is 4.79 Å². The van der Waals surface area contributed by atoms with Gasteiger partial charge in [0, 0.05) is 12.1 Å². The second-order valence-corrected chi connectivity index (χ2v) is 5.56. The minimum Gasteiger partial charge on any atom is -0.365 e. The first-order valence-electron chi connectivity index (χ1n) is 7.73. The normalized spacial score (nSPS) is 25.3. The molecule has 0 spiro atoms. The van der Waals surface area contributed by atoms with Crippen LogP contribution in [-0.2, 0) is 9.53 Å². The van der Waals surface area contributed by atoms with Gasteiger partial charge in [-0.15, -0.1) is 0 Å². The lowest BCUT2D eigenvalue weighted by Gasteiger charge is -2.30. The molecule has 1 saturated carbocycles. The van der Waals surface area contributed by atoms with Crippen molar-refractivity contribution in [1.82, 2.24) is 10.6 Å². The van der Waals surface area contributed by atoms with E-state index in [1.54, 1.807) is 0 Å². The first kappa shape index (κ1) is 16.4. The molecule has 0 saturated heterocycles. The fraction of sp³-hybridized carbons (Fsp3) is 0.933. The quantitative estimate of drug-likeness (QED) is 0.746. The highest BCUT2D eigenvalue weighted by atomic mass is 16.5. The van der Waals surface area contributed by atoms with Crippen molar-refractivity contribution < 1.29 is 9.53 Å². The lowest BCUT2D eigenvalue weighted by atomic mass is 9.93. The summed E-state index contributed by atoms with van der Waals surface area (Å²) >= 11 is 0. The van der Waals surface area contributed by atoms with Gasteiger partial charge in [-0.1, -0.05) is 13.8 Å². The Morgan fingerprint density at radius 1 is 1.21 bits per heavy atom. The average molecular weight is 270 g/mol. The number of rotatable bonds is 7. The van der Waals surface area contributed by atoms with E-state index in [0.29, 0.717) is 6.04 Å². The molecule has 0 bridgehead atoms. The summed E-state index contributed by atoms with van der Waals surface area (Å²) in [5, 5.41) is 6.36. The molecule has 0 aromatic carbocycles. The summed E-state index contributed by atoms with van der Waals surface area (Å²) in [5.41, 5.74) is 0. The molecule has 4 nitrogen and oxygen atoms in total. The van der Waals surface area contributed by atoms with E-state index in [-0.39, 0.29) is 24.2 Å². The summed E-state index contributed by atoms with van der Waals surface area (Å²) in [6.45, 7) is 6.06. The van der Waals surface area contributed by atoms with Crippen molar-refractivity contribution in [1.29, 1.82) is 0 Å². The minimum atomic E-state index is -0.336. The molecule has 0 aromatic rings. The van der Waals surface area contributed by atoms with Gasteiger partial charge in [0.05, 0.1) is 6.10 Å². The van der Waals surface area contributed by atoms with Crippen LogP contribution in [0.2, 0.25) is 0 Å². The monoisotopic (exact) mass is 270 g/mol. The van der Waals surface area contributed by atoms with Crippen LogP contribution in [0.4, 0.5) is 0 Å². The van der Waals surface area contributed by atoms with Crippen molar-refractivity contribution in [2.75, 3.05) is 7.05 Å². The lowest BCUT2D eigenvalue weighted by molar-refractivity contribution is -0.137. The molecule has 19 heavy (non-hydrogen) atoms. The molecular formula is C15H30N2O2. The zero-order valence-corrected chi connectivity index (χ0v) is 12.9. The van der Waals surface area contributed by atoms with Crippen LogP contribution in [0.5, 0.6) is 0 Å². The van der Waals surface area contributed by atoms with Crippen molar-refractivity contribution in [3.63, 3.8) is 0 Å². The molecule has 112 valence electrons. The molecule has 1 aliphatic rings. The molecule has 4 heteroatoms. The van der Waals surface area contributed by atoms with Crippen LogP contribution < -0.4 is 10.6 Å². The zero-order valence-electron chi connectivity index (χ0n) is 12.9. The minimum absolute atomic E-state index is 0.0319. The third-order valence-electron chi connectivity index (χ3n) is 4.18. The van der Waals surface area contributed by atoms with E-state index in [0.717, 1.165) is 38.5 Å². The Labute approximate surface area is 117 Å². The molecule has 0 aromatic heterocycles. The molecule has 0 heterocycles. The Kier molecular flexibility index (Phi) is 7.39. The van der Waals surface area contributed by atoms with Crippen LogP contribution in [0.25, 0.3) is 0 Å². The van der Waals surface area contributed by atoms with Gasteiger partial charge in [-0.25, -0.2) is 0 Å². The first-order chi connectivity index (χ1) is 9.10. The third-order valence-corrected chi connectivity index (χ3v) is 4.18. The third kappa shape index (κ3) is 5.49. The standard InChI is InChI=1S/C15H30N2O2/c1-5-12(6-2)17-15(18)11(3)19-14-9-7-13(16-4)8-10-14/h11-14,16H,5-10H2,1-4H3,(H,17,18). The number of amides is 1. The van der Waals surface area contributed by atoms with Gasteiger partial charge in [-0.2, -0.15) is 0 Å². The van der Waals surface area contributed by atoms with E-state index in [4.69, 9.17) is 4.74 Å². The van der Waals surface area contributed by atoms with Crippen molar-refractivity contribution in [2.45, 2.75) is 83.6 Å². The highest BCUT2D eigenvalue weighted by Crippen LogP contribution is 2.22. The highest BCUT2D eigenvalue weighted by molar-refractivity contribution is 5.80. The van der Waals surface area contributed by atoms with Crippen LogP contribution in [0.15, 0.2) is 0 Å². The predicted octanol–water partition coefficient (Wildman–Crippen LogP) is 2.23. The van der Waals surface area contributed by atoms with Crippen LogP contribution in [0, 0.1) is 0 Å². The van der Waals surface area contributed by atoms with Gasteiger partial charge in [-0.3, -0.25) is 4.79 Å². The van der Waals surface area contributed by atoms with E-state index in [2.05, 4.69) is 24.5 Å². The molecule has 0 aliphatic heterocycles. The fourth-order valence-electron chi connectivity index (χ4n) is 2.65. The topological polar surface area (TPSA) is 50.4 Å². The summed E-state index contributed by atoms with van der Waals surface area (Å²) in [7, 11) is 2.01. The maximum atomic E-state index is 12.0. The Bertz CT molecular complexity index is 259. The second-order valence-electron chi connectivity index (χ2n) is 5.56. The Balaban J connectivity index is 2.30. The van der Waals surface area contributed by atoms with Gasteiger partial charge < -0.3 is 15.4 Å². The van der Waals surface area contributed by atoms with Crippen molar-refractivity contribution in [3.8, 4) is 0 Å². The number of ether oxygens (including phenoxy) is 1. The summed E-state index contributed by atoms with van der Waals surface area (Å²) < 4.78 is 5.90. The van der Waals surface area contributed by atoms with Crippen molar-refractivity contribution in [3.05, 3.63) is 0 Å². The molecule has 1 fully saturated rings. The molecule has 1 atom stereocenters. The molecule has 0 radical (unpaired) electrons. The Morgan fingerprint density at radius 2 is 1.79 bits per heavy atom. The van der Waals surface area contributed by atoms with E-state index in [1.807, 2.05) is 14.0 Å². The molecule has 1 amide bonds. The maximum absolute atomic E-state index is 12.0. The van der Waals surface area contributed by atoms with Gasteiger partial charge in [0.1, 0.15) is 6.10 Å². The summed E-state index contributed by atoms with van der Waals surface area (Å²) in [5.74, 6) is 0.0319. The van der Waals surface area contributed by atoms with Gasteiger partial charge >= 0.3 is 0 Å². The van der Waals surface area contributed by atoms with Crippen LogP contribution in [-0.4, -0.2) is 37.2 Å². The number of hydrogen-bond donors (Lipinski definition) is 2. The predicted molar refractivity (Wildman–Crippen MR) is 78.2 cm³/mol. The molecular weight excluding hydrogens is 240 g/mol. The first-order valence-corrected chi connectivity index (χ1v) is 7.73. The Morgan fingerprint density at radius 3 is 2.26 bits per heavy atom. The molecule has 2 N–H and O–H groups in total. The SMILES string of the molecule is CCC(CC)NC(=O)C(C)OC1CCC(NC)CC1. The van der Waals surface area contributed by atoms with E-state index < -0.39 is 0 Å². The van der Waals surface area contributed by atoms with Crippen LogP contribution in [0.3, 0.4) is 0 Å². The molecule has 1 rings (SSSR count). The van der Waals surface area contributed by atoms with Crippen molar-refractivity contribution in [2.24, 2.45) is 0 Å². The van der Waals surface area contributed by atoms with Gasteiger partial charge in [0.15, 0.2) is 0 Å². The smallest absolute Gasteiger partial charge is 0.249 e. The summed E-state index contributed by atoms with van der Waals surface area (Å²) in [4.78, 5) is 12.0. The highest BCUT2D eigenvalue weighted by Gasteiger charge is 2.25. The fourth-order valence-corrected chi connectivity index (χ4v) is 2.65. The largest absolute Gasteiger partial charge is 0.365 e. The average Bonchev–Trinajstić information content (AvgIpc) is 2.45. The van der Waals surface area contributed by atoms with Crippen LogP contribution in [0.1, 0.15) is 59.3 Å². The molecule has 1 unspecified atom stereocenters.